The number of carbonyl (C=O) groups excluding carboxylic acids is 1. The van der Waals surface area contributed by atoms with Crippen LogP contribution in [0, 0.1) is 6.92 Å². The number of hydrogen-bond acceptors (Lipinski definition) is 2. The van der Waals surface area contributed by atoms with Gasteiger partial charge >= 0.3 is 0 Å². The van der Waals surface area contributed by atoms with Crippen LogP contribution in [0.3, 0.4) is 0 Å². The number of para-hydroxylation sites is 2. The average Bonchev–Trinajstić information content (AvgIpc) is 2.81. The highest BCUT2D eigenvalue weighted by Gasteiger charge is 2.08. The fraction of sp³-hybridized carbons (Fsp3) is 0.0588. The van der Waals surface area contributed by atoms with Gasteiger partial charge in [-0.25, -0.2) is 0 Å². The SMILES string of the molecule is Cc1[nH]c2ccccc2c1C=Nc1ccccc1C(N)=O. The Hall–Kier alpha value is -2.88. The summed E-state index contributed by atoms with van der Waals surface area (Å²) >= 11 is 0. The molecule has 3 rings (SSSR count). The summed E-state index contributed by atoms with van der Waals surface area (Å²) in [4.78, 5) is 19.2. The molecular formula is C17H15N3O. The van der Waals surface area contributed by atoms with Gasteiger partial charge < -0.3 is 10.7 Å². The van der Waals surface area contributed by atoms with E-state index in [0.717, 1.165) is 22.2 Å². The van der Waals surface area contributed by atoms with E-state index in [1.54, 1.807) is 24.4 Å². The van der Waals surface area contributed by atoms with Crippen LogP contribution in [0.1, 0.15) is 21.6 Å². The Bertz CT molecular complexity index is 846. The number of H-pyrrole nitrogens is 1. The molecule has 0 bridgehead atoms. The van der Waals surface area contributed by atoms with Crippen molar-refractivity contribution in [3.8, 4) is 0 Å². The molecule has 0 aliphatic heterocycles. The number of nitrogens with two attached hydrogens (primary N) is 1. The number of nitrogens with one attached hydrogen (secondary N) is 1. The number of aromatic nitrogens is 1. The Labute approximate surface area is 122 Å². The number of hydrogen-bond donors (Lipinski definition) is 2. The molecule has 0 atom stereocenters. The number of amides is 1. The molecule has 21 heavy (non-hydrogen) atoms. The van der Waals surface area contributed by atoms with Gasteiger partial charge in [0.1, 0.15) is 0 Å². The van der Waals surface area contributed by atoms with Gasteiger partial charge in [0, 0.05) is 28.4 Å². The molecule has 1 amide bonds. The van der Waals surface area contributed by atoms with Gasteiger partial charge in [-0.3, -0.25) is 9.79 Å². The van der Waals surface area contributed by atoms with Crippen molar-refractivity contribution >= 4 is 28.7 Å². The Balaban J connectivity index is 2.07. The number of carbonyl (C=O) groups is 1. The molecular weight excluding hydrogens is 262 g/mol. The van der Waals surface area contributed by atoms with Gasteiger partial charge in [-0.2, -0.15) is 0 Å². The van der Waals surface area contributed by atoms with Crippen molar-refractivity contribution in [1.29, 1.82) is 0 Å². The Morgan fingerprint density at radius 3 is 2.67 bits per heavy atom. The molecule has 3 aromatic rings. The zero-order chi connectivity index (χ0) is 14.8. The first-order valence-electron chi connectivity index (χ1n) is 6.67. The summed E-state index contributed by atoms with van der Waals surface area (Å²) < 4.78 is 0. The highest BCUT2D eigenvalue weighted by Crippen LogP contribution is 2.22. The van der Waals surface area contributed by atoms with Crippen molar-refractivity contribution in [2.24, 2.45) is 10.7 Å². The third kappa shape index (κ3) is 2.43. The van der Waals surface area contributed by atoms with Crippen LogP contribution < -0.4 is 5.73 Å². The standard InChI is InChI=1S/C17H15N3O/c1-11-14(12-6-2-5-9-16(12)20-11)10-19-15-8-4-3-7-13(15)17(18)21/h2-10,20H,1H3,(H2,18,21). The van der Waals surface area contributed by atoms with Crippen LogP contribution >= 0.6 is 0 Å². The fourth-order valence-corrected chi connectivity index (χ4v) is 2.39. The summed E-state index contributed by atoms with van der Waals surface area (Å²) in [5, 5.41) is 1.11. The molecule has 3 N–H and O–H groups in total. The molecule has 0 saturated heterocycles. The van der Waals surface area contributed by atoms with Crippen molar-refractivity contribution in [2.75, 3.05) is 0 Å². The van der Waals surface area contributed by atoms with E-state index in [0.29, 0.717) is 11.3 Å². The molecule has 0 spiro atoms. The molecule has 0 radical (unpaired) electrons. The number of nitrogens with zero attached hydrogens (tertiary/aromatic N) is 1. The van der Waals surface area contributed by atoms with Crippen molar-refractivity contribution in [3.05, 3.63) is 65.4 Å². The molecule has 0 aliphatic rings. The minimum Gasteiger partial charge on any atom is -0.366 e. The van der Waals surface area contributed by atoms with Crippen molar-refractivity contribution in [1.82, 2.24) is 4.98 Å². The van der Waals surface area contributed by atoms with E-state index in [-0.39, 0.29) is 0 Å². The van der Waals surface area contributed by atoms with Crippen LogP contribution in [0.4, 0.5) is 5.69 Å². The summed E-state index contributed by atoms with van der Waals surface area (Å²) in [6, 6.07) is 15.1. The zero-order valence-electron chi connectivity index (χ0n) is 11.6. The molecule has 1 heterocycles. The fourth-order valence-electron chi connectivity index (χ4n) is 2.39. The highest BCUT2D eigenvalue weighted by atomic mass is 16.1. The Kier molecular flexibility index (Phi) is 3.28. The molecule has 0 aliphatic carbocycles. The van der Waals surface area contributed by atoms with Crippen LogP contribution in [-0.4, -0.2) is 17.1 Å². The Morgan fingerprint density at radius 2 is 1.86 bits per heavy atom. The summed E-state index contributed by atoms with van der Waals surface area (Å²) in [5.74, 6) is -0.474. The number of aromatic amines is 1. The quantitative estimate of drug-likeness (QED) is 0.708. The minimum atomic E-state index is -0.474. The molecule has 4 heteroatoms. The first-order valence-corrected chi connectivity index (χ1v) is 6.67. The topological polar surface area (TPSA) is 71.2 Å². The first-order chi connectivity index (χ1) is 10.2. The van der Waals surface area contributed by atoms with Crippen molar-refractivity contribution in [2.45, 2.75) is 6.92 Å². The van der Waals surface area contributed by atoms with E-state index >= 15 is 0 Å². The highest BCUT2D eigenvalue weighted by molar-refractivity contribution is 6.03. The second-order valence-corrected chi connectivity index (χ2v) is 4.85. The zero-order valence-corrected chi connectivity index (χ0v) is 11.6. The molecule has 4 nitrogen and oxygen atoms in total. The summed E-state index contributed by atoms with van der Waals surface area (Å²) in [6.07, 6.45) is 1.77. The maximum atomic E-state index is 11.4. The second-order valence-electron chi connectivity index (χ2n) is 4.85. The van der Waals surface area contributed by atoms with Crippen LogP contribution in [0.15, 0.2) is 53.5 Å². The normalized spacial score (nSPS) is 11.3. The maximum absolute atomic E-state index is 11.4. The van der Waals surface area contributed by atoms with E-state index < -0.39 is 5.91 Å². The van der Waals surface area contributed by atoms with Gasteiger partial charge in [0.05, 0.1) is 11.3 Å². The number of rotatable bonds is 3. The number of primary amides is 1. The van der Waals surface area contributed by atoms with Crippen LogP contribution in [0.5, 0.6) is 0 Å². The Morgan fingerprint density at radius 1 is 1.14 bits per heavy atom. The van der Waals surface area contributed by atoms with E-state index in [1.165, 1.54) is 0 Å². The van der Waals surface area contributed by atoms with Crippen LogP contribution in [-0.2, 0) is 0 Å². The molecule has 0 saturated carbocycles. The number of aliphatic imine (C=N–C) groups is 1. The van der Waals surface area contributed by atoms with Gasteiger partial charge in [0.15, 0.2) is 0 Å². The van der Waals surface area contributed by atoms with Crippen LogP contribution in [0.25, 0.3) is 10.9 Å². The molecule has 0 fully saturated rings. The first kappa shape index (κ1) is 13.1. The number of benzene rings is 2. The van der Waals surface area contributed by atoms with E-state index in [2.05, 4.69) is 9.98 Å². The predicted octanol–water partition coefficient (Wildman–Crippen LogP) is 3.33. The lowest BCUT2D eigenvalue weighted by Gasteiger charge is -2.00. The molecule has 104 valence electrons. The van der Waals surface area contributed by atoms with E-state index in [1.807, 2.05) is 37.3 Å². The number of aryl methyl sites for hydroxylation is 1. The lowest BCUT2D eigenvalue weighted by molar-refractivity contribution is 0.100. The third-order valence-electron chi connectivity index (χ3n) is 3.45. The van der Waals surface area contributed by atoms with Crippen LogP contribution in [0.2, 0.25) is 0 Å². The maximum Gasteiger partial charge on any atom is 0.250 e. The summed E-state index contributed by atoms with van der Waals surface area (Å²) in [5.41, 5.74) is 9.49. The van der Waals surface area contributed by atoms with Crippen molar-refractivity contribution in [3.63, 3.8) is 0 Å². The second kappa shape index (κ2) is 5.25. The lowest BCUT2D eigenvalue weighted by atomic mass is 10.1. The minimum absolute atomic E-state index is 0.422. The predicted molar refractivity (Wildman–Crippen MR) is 85.2 cm³/mol. The largest absolute Gasteiger partial charge is 0.366 e. The summed E-state index contributed by atoms with van der Waals surface area (Å²) in [6.45, 7) is 2.00. The smallest absolute Gasteiger partial charge is 0.250 e. The van der Waals surface area contributed by atoms with Gasteiger partial charge in [-0.05, 0) is 25.1 Å². The van der Waals surface area contributed by atoms with Gasteiger partial charge in [-0.15, -0.1) is 0 Å². The van der Waals surface area contributed by atoms with E-state index in [9.17, 15) is 4.79 Å². The van der Waals surface area contributed by atoms with Gasteiger partial charge in [0.2, 0.25) is 0 Å². The van der Waals surface area contributed by atoms with E-state index in [4.69, 9.17) is 5.73 Å². The molecule has 2 aromatic carbocycles. The summed E-state index contributed by atoms with van der Waals surface area (Å²) in [7, 11) is 0. The monoisotopic (exact) mass is 277 g/mol. The molecule has 1 aromatic heterocycles. The number of fused-ring (bicyclic) bond motifs is 1. The molecule has 0 unspecified atom stereocenters. The third-order valence-corrected chi connectivity index (χ3v) is 3.45. The lowest BCUT2D eigenvalue weighted by Crippen LogP contribution is -2.10. The van der Waals surface area contributed by atoms with Gasteiger partial charge in [0.25, 0.3) is 5.91 Å². The average molecular weight is 277 g/mol. The van der Waals surface area contributed by atoms with Gasteiger partial charge in [-0.1, -0.05) is 30.3 Å². The van der Waals surface area contributed by atoms with Crippen molar-refractivity contribution < 1.29 is 4.79 Å².